The SMILES string of the molecule is Cc1ccc(C2=C(Nc3ccc(F)cc3)C(=O)N(c3ccc(F)c(Cl)c3)C2=O)cc1C. The molecule has 7 heteroatoms. The van der Waals surface area contributed by atoms with E-state index in [9.17, 15) is 18.4 Å². The maximum absolute atomic E-state index is 13.6. The zero-order valence-corrected chi connectivity index (χ0v) is 17.4. The Morgan fingerprint density at radius 2 is 1.55 bits per heavy atom. The van der Waals surface area contributed by atoms with Crippen molar-refractivity contribution in [2.24, 2.45) is 0 Å². The number of rotatable bonds is 4. The molecule has 1 aliphatic rings. The lowest BCUT2D eigenvalue weighted by atomic mass is 9.99. The first-order valence-corrected chi connectivity index (χ1v) is 9.82. The number of carbonyl (C=O) groups is 2. The number of nitrogens with zero attached hydrogens (tertiary/aromatic N) is 1. The van der Waals surface area contributed by atoms with Crippen LogP contribution >= 0.6 is 11.6 Å². The van der Waals surface area contributed by atoms with Crippen molar-refractivity contribution in [2.75, 3.05) is 10.2 Å². The fourth-order valence-corrected chi connectivity index (χ4v) is 3.52. The highest BCUT2D eigenvalue weighted by molar-refractivity contribution is 6.46. The summed E-state index contributed by atoms with van der Waals surface area (Å²) >= 11 is 5.87. The van der Waals surface area contributed by atoms with Crippen LogP contribution in [0.2, 0.25) is 5.02 Å². The van der Waals surface area contributed by atoms with Gasteiger partial charge in [0.15, 0.2) is 0 Å². The summed E-state index contributed by atoms with van der Waals surface area (Å²) in [7, 11) is 0. The molecule has 0 radical (unpaired) electrons. The maximum atomic E-state index is 13.6. The molecule has 31 heavy (non-hydrogen) atoms. The Balaban J connectivity index is 1.84. The molecule has 1 N–H and O–H groups in total. The van der Waals surface area contributed by atoms with Crippen LogP contribution in [0.4, 0.5) is 20.2 Å². The Hall–Kier alpha value is -3.51. The molecule has 156 valence electrons. The molecular formula is C24H17ClF2N2O2. The van der Waals surface area contributed by atoms with Gasteiger partial charge < -0.3 is 5.32 Å². The molecule has 0 spiro atoms. The monoisotopic (exact) mass is 438 g/mol. The Kier molecular flexibility index (Phi) is 5.33. The molecule has 1 aliphatic heterocycles. The molecule has 0 aromatic heterocycles. The van der Waals surface area contributed by atoms with E-state index in [0.717, 1.165) is 22.1 Å². The number of carbonyl (C=O) groups excluding carboxylic acids is 2. The highest BCUT2D eigenvalue weighted by Crippen LogP contribution is 2.35. The number of hydrogen-bond acceptors (Lipinski definition) is 3. The van der Waals surface area contributed by atoms with Crippen LogP contribution < -0.4 is 10.2 Å². The Morgan fingerprint density at radius 1 is 0.839 bits per heavy atom. The highest BCUT2D eigenvalue weighted by Gasteiger charge is 2.40. The van der Waals surface area contributed by atoms with Crippen LogP contribution in [0.5, 0.6) is 0 Å². The molecule has 0 atom stereocenters. The third-order valence-corrected chi connectivity index (χ3v) is 5.44. The quantitative estimate of drug-likeness (QED) is 0.537. The molecule has 0 unspecified atom stereocenters. The van der Waals surface area contributed by atoms with E-state index in [1.807, 2.05) is 26.0 Å². The molecule has 3 aromatic carbocycles. The fraction of sp³-hybridized carbons (Fsp3) is 0.0833. The van der Waals surface area contributed by atoms with E-state index >= 15 is 0 Å². The fourth-order valence-electron chi connectivity index (χ4n) is 3.35. The molecule has 0 fully saturated rings. The van der Waals surface area contributed by atoms with Crippen LogP contribution in [0.1, 0.15) is 16.7 Å². The van der Waals surface area contributed by atoms with Gasteiger partial charge in [0, 0.05) is 5.69 Å². The van der Waals surface area contributed by atoms with Gasteiger partial charge in [0.2, 0.25) is 0 Å². The van der Waals surface area contributed by atoms with Crippen molar-refractivity contribution in [3.8, 4) is 0 Å². The van der Waals surface area contributed by atoms with Crippen LogP contribution in [-0.2, 0) is 9.59 Å². The molecule has 3 aromatic rings. The lowest BCUT2D eigenvalue weighted by Crippen LogP contribution is -2.32. The van der Waals surface area contributed by atoms with Crippen molar-refractivity contribution in [1.29, 1.82) is 0 Å². The number of halogens is 3. The Morgan fingerprint density at radius 3 is 2.19 bits per heavy atom. The minimum Gasteiger partial charge on any atom is -0.350 e. The van der Waals surface area contributed by atoms with E-state index in [-0.39, 0.29) is 22.0 Å². The van der Waals surface area contributed by atoms with Gasteiger partial charge in [-0.2, -0.15) is 0 Å². The Bertz CT molecular complexity index is 1250. The van der Waals surface area contributed by atoms with E-state index in [4.69, 9.17) is 11.6 Å². The van der Waals surface area contributed by atoms with Gasteiger partial charge in [-0.25, -0.2) is 13.7 Å². The predicted molar refractivity (Wildman–Crippen MR) is 117 cm³/mol. The molecule has 4 nitrogen and oxygen atoms in total. The number of benzene rings is 3. The summed E-state index contributed by atoms with van der Waals surface area (Å²) in [6.07, 6.45) is 0. The van der Waals surface area contributed by atoms with Crippen LogP contribution in [0.15, 0.2) is 66.4 Å². The van der Waals surface area contributed by atoms with Gasteiger partial charge in [-0.05, 0) is 73.0 Å². The number of aryl methyl sites for hydroxylation is 2. The topological polar surface area (TPSA) is 49.4 Å². The molecular weight excluding hydrogens is 422 g/mol. The first-order valence-electron chi connectivity index (χ1n) is 9.44. The second kappa shape index (κ2) is 7.96. The number of nitrogens with one attached hydrogen (secondary N) is 1. The van der Waals surface area contributed by atoms with Crippen molar-refractivity contribution < 1.29 is 18.4 Å². The summed E-state index contributed by atoms with van der Waals surface area (Å²) in [5.41, 5.74) is 3.35. The molecule has 0 aliphatic carbocycles. The van der Waals surface area contributed by atoms with Crippen molar-refractivity contribution in [2.45, 2.75) is 13.8 Å². The van der Waals surface area contributed by atoms with E-state index in [0.29, 0.717) is 11.3 Å². The van der Waals surface area contributed by atoms with E-state index in [1.54, 1.807) is 6.07 Å². The number of hydrogen-bond donors (Lipinski definition) is 1. The van der Waals surface area contributed by atoms with Crippen molar-refractivity contribution >= 4 is 40.4 Å². The molecule has 0 saturated heterocycles. The van der Waals surface area contributed by atoms with Crippen LogP contribution in [0.25, 0.3) is 5.57 Å². The number of imide groups is 1. The summed E-state index contributed by atoms with van der Waals surface area (Å²) in [5.74, 6) is -2.27. The Labute approximate surface area is 182 Å². The van der Waals surface area contributed by atoms with Gasteiger partial charge in [0.05, 0.1) is 16.3 Å². The molecule has 0 bridgehead atoms. The number of anilines is 2. The smallest absolute Gasteiger partial charge is 0.282 e. The highest BCUT2D eigenvalue weighted by atomic mass is 35.5. The van der Waals surface area contributed by atoms with Crippen molar-refractivity contribution in [3.63, 3.8) is 0 Å². The second-order valence-electron chi connectivity index (χ2n) is 7.23. The van der Waals surface area contributed by atoms with Crippen molar-refractivity contribution in [3.05, 3.63) is 99.7 Å². The lowest BCUT2D eigenvalue weighted by Gasteiger charge is -2.16. The molecule has 0 saturated carbocycles. The third kappa shape index (κ3) is 3.82. The predicted octanol–water partition coefficient (Wildman–Crippen LogP) is 5.63. The summed E-state index contributed by atoms with van der Waals surface area (Å²) in [4.78, 5) is 27.6. The first-order chi connectivity index (χ1) is 14.8. The summed E-state index contributed by atoms with van der Waals surface area (Å²) in [5, 5.41) is 2.75. The van der Waals surface area contributed by atoms with Gasteiger partial charge in [-0.15, -0.1) is 0 Å². The first kappa shape index (κ1) is 20.8. The third-order valence-electron chi connectivity index (χ3n) is 5.15. The zero-order chi connectivity index (χ0) is 22.3. The second-order valence-corrected chi connectivity index (χ2v) is 7.63. The maximum Gasteiger partial charge on any atom is 0.282 e. The van der Waals surface area contributed by atoms with Crippen LogP contribution in [0.3, 0.4) is 0 Å². The van der Waals surface area contributed by atoms with Crippen LogP contribution in [0, 0.1) is 25.5 Å². The largest absolute Gasteiger partial charge is 0.350 e. The summed E-state index contributed by atoms with van der Waals surface area (Å²) in [6.45, 7) is 3.85. The zero-order valence-electron chi connectivity index (χ0n) is 16.7. The molecule has 2 amide bonds. The van der Waals surface area contributed by atoms with Gasteiger partial charge >= 0.3 is 0 Å². The standard InChI is InChI=1S/C24H17ClF2N2O2/c1-13-3-4-15(11-14(13)2)21-22(28-17-7-5-16(26)6-8-17)24(31)29(23(21)30)18-9-10-20(27)19(25)12-18/h3-12,28H,1-2H3. The van der Waals surface area contributed by atoms with E-state index in [2.05, 4.69) is 5.32 Å². The average Bonchev–Trinajstić information content (AvgIpc) is 2.98. The summed E-state index contributed by atoms with van der Waals surface area (Å²) in [6, 6.07) is 14.5. The normalized spacial score (nSPS) is 13.9. The minimum absolute atomic E-state index is 0.0420. The minimum atomic E-state index is -0.656. The van der Waals surface area contributed by atoms with Gasteiger partial charge in [-0.1, -0.05) is 29.8 Å². The molecule has 4 rings (SSSR count). The lowest BCUT2D eigenvalue weighted by molar-refractivity contribution is -0.120. The average molecular weight is 439 g/mol. The number of amides is 2. The van der Waals surface area contributed by atoms with Gasteiger partial charge in [0.25, 0.3) is 11.8 Å². The van der Waals surface area contributed by atoms with E-state index < -0.39 is 23.4 Å². The van der Waals surface area contributed by atoms with Crippen LogP contribution in [-0.4, -0.2) is 11.8 Å². The van der Waals surface area contributed by atoms with Gasteiger partial charge in [-0.3, -0.25) is 9.59 Å². The molecule has 1 heterocycles. The van der Waals surface area contributed by atoms with Gasteiger partial charge in [0.1, 0.15) is 17.3 Å². The van der Waals surface area contributed by atoms with Crippen molar-refractivity contribution in [1.82, 2.24) is 0 Å². The summed E-state index contributed by atoms with van der Waals surface area (Å²) < 4.78 is 26.9. The van der Waals surface area contributed by atoms with E-state index in [1.165, 1.54) is 36.4 Å².